The lowest BCUT2D eigenvalue weighted by atomic mass is 9.85. The number of hydrogen-bond acceptors (Lipinski definition) is 11. The highest BCUT2D eigenvalue weighted by Crippen LogP contribution is 2.52. The van der Waals surface area contributed by atoms with Crippen LogP contribution in [-0.2, 0) is 23.9 Å². The van der Waals surface area contributed by atoms with Gasteiger partial charge in [-0.2, -0.15) is 0 Å². The molecule has 0 unspecified atom stereocenters. The van der Waals surface area contributed by atoms with Gasteiger partial charge in [-0.05, 0) is 61.0 Å². The monoisotopic (exact) mass is 837 g/mol. The number of ether oxygens (including phenoxy) is 4. The van der Waals surface area contributed by atoms with E-state index in [1.807, 2.05) is 26.2 Å². The molecule has 16 heteroatoms. The number of hydrogen-bond donors (Lipinski definition) is 3. The summed E-state index contributed by atoms with van der Waals surface area (Å²) in [6.45, 7) is 13.9. The van der Waals surface area contributed by atoms with E-state index in [9.17, 15) is 24.3 Å². The largest absolute Gasteiger partial charge is 0.490 e. The number of amides is 3. The summed E-state index contributed by atoms with van der Waals surface area (Å²) in [5.41, 5.74) is -0.492. The van der Waals surface area contributed by atoms with Crippen LogP contribution in [0, 0.1) is 23.2 Å². The Morgan fingerprint density at radius 2 is 1.83 bits per heavy atom. The van der Waals surface area contributed by atoms with Gasteiger partial charge in [0.1, 0.15) is 63.7 Å². The standard InChI is InChI=1S/C42H52ClN5O9S/c1-8-24-18-42(24,39(51)52)47-36(49)30-16-26(19-48(30)38(50)35(41(4,5)6)46-40(53)57-25-14-22-13-23(22)15-25)56-32-17-28(37-45-29(20-58-37)21(2)3)44-34-27(32)9-10-31(33(34)43)55-12-11-54-7/h8-10,17,20-26,30,35H,1,11-16,18-19H2,2-7H3,(H,46,53)(H,47,49)(H,51,52)/t22-,23+,24-,25+,26-,30+,35-,42-/m1/s1. The lowest BCUT2D eigenvalue weighted by Crippen LogP contribution is -2.59. The zero-order chi connectivity index (χ0) is 41.7. The molecule has 14 nitrogen and oxygen atoms in total. The second kappa shape index (κ2) is 16.3. The fourth-order valence-corrected chi connectivity index (χ4v) is 9.38. The molecule has 3 aromatic rings. The predicted molar refractivity (Wildman–Crippen MR) is 218 cm³/mol. The smallest absolute Gasteiger partial charge is 0.408 e. The Labute approximate surface area is 347 Å². The maximum absolute atomic E-state index is 14.7. The lowest BCUT2D eigenvalue weighted by molar-refractivity contribution is -0.146. The van der Waals surface area contributed by atoms with E-state index >= 15 is 0 Å². The molecular formula is C42H52ClN5O9S. The van der Waals surface area contributed by atoms with Crippen molar-refractivity contribution in [1.29, 1.82) is 0 Å². The van der Waals surface area contributed by atoms with Crippen LogP contribution in [0.3, 0.4) is 0 Å². The van der Waals surface area contributed by atoms with Crippen molar-refractivity contribution >= 4 is 57.7 Å². The molecule has 7 rings (SSSR count). The van der Waals surface area contributed by atoms with Crippen molar-refractivity contribution in [3.63, 3.8) is 0 Å². The zero-order valence-electron chi connectivity index (χ0n) is 33.7. The molecule has 0 bridgehead atoms. The van der Waals surface area contributed by atoms with Crippen molar-refractivity contribution in [2.45, 2.75) is 102 Å². The van der Waals surface area contributed by atoms with Crippen LogP contribution < -0.4 is 20.1 Å². The van der Waals surface area contributed by atoms with Crippen LogP contribution in [-0.4, -0.2) is 101 Å². The second-order valence-electron chi connectivity index (χ2n) is 17.3. The van der Waals surface area contributed by atoms with Crippen molar-refractivity contribution in [1.82, 2.24) is 25.5 Å². The van der Waals surface area contributed by atoms with Gasteiger partial charge in [-0.3, -0.25) is 9.59 Å². The maximum atomic E-state index is 14.7. The normalized spacial score (nSPS) is 26.5. The zero-order valence-corrected chi connectivity index (χ0v) is 35.3. The van der Waals surface area contributed by atoms with Crippen LogP contribution in [0.4, 0.5) is 4.79 Å². The molecule has 8 atom stereocenters. The van der Waals surface area contributed by atoms with E-state index < -0.39 is 58.9 Å². The molecule has 58 heavy (non-hydrogen) atoms. The van der Waals surface area contributed by atoms with Crippen molar-refractivity contribution in [2.24, 2.45) is 23.2 Å². The lowest BCUT2D eigenvalue weighted by Gasteiger charge is -2.35. The highest BCUT2D eigenvalue weighted by molar-refractivity contribution is 7.13. The fourth-order valence-electron chi connectivity index (χ4n) is 8.18. The summed E-state index contributed by atoms with van der Waals surface area (Å²) in [5.74, 6) is -0.625. The van der Waals surface area contributed by atoms with E-state index in [-0.39, 0.29) is 43.0 Å². The first-order chi connectivity index (χ1) is 27.5. The van der Waals surface area contributed by atoms with Crippen LogP contribution in [0.15, 0.2) is 36.2 Å². The number of carbonyl (C=O) groups excluding carboxylic acids is 3. The van der Waals surface area contributed by atoms with Crippen LogP contribution in [0.2, 0.25) is 5.02 Å². The Morgan fingerprint density at radius 1 is 1.09 bits per heavy atom. The van der Waals surface area contributed by atoms with Gasteiger partial charge in [-0.25, -0.2) is 19.6 Å². The molecule has 4 fully saturated rings. The number of rotatable bonds is 15. The van der Waals surface area contributed by atoms with Crippen LogP contribution in [0.25, 0.3) is 21.6 Å². The van der Waals surface area contributed by atoms with Gasteiger partial charge in [-0.15, -0.1) is 17.9 Å². The van der Waals surface area contributed by atoms with Gasteiger partial charge in [0.05, 0.1) is 24.4 Å². The molecule has 2 aromatic heterocycles. The van der Waals surface area contributed by atoms with Gasteiger partial charge in [0.25, 0.3) is 0 Å². The Kier molecular flexibility index (Phi) is 11.7. The van der Waals surface area contributed by atoms with Gasteiger partial charge in [0, 0.05) is 36.3 Å². The van der Waals surface area contributed by atoms with Crippen LogP contribution in [0.5, 0.6) is 11.5 Å². The number of methoxy groups -OCH3 is 1. The molecule has 3 heterocycles. The topological polar surface area (TPSA) is 179 Å². The number of pyridine rings is 1. The molecule has 1 aromatic carbocycles. The third-order valence-electron chi connectivity index (χ3n) is 11.7. The van der Waals surface area contributed by atoms with E-state index in [0.29, 0.717) is 51.5 Å². The maximum Gasteiger partial charge on any atom is 0.408 e. The Balaban J connectivity index is 1.21. The van der Waals surface area contributed by atoms with Crippen molar-refractivity contribution in [3.8, 4) is 22.2 Å². The first-order valence-corrected chi connectivity index (χ1v) is 21.1. The molecule has 312 valence electrons. The number of carbonyl (C=O) groups is 4. The number of alkyl carbamates (subject to hydrolysis) is 1. The third-order valence-corrected chi connectivity index (χ3v) is 13.0. The van der Waals surface area contributed by atoms with Gasteiger partial charge < -0.3 is 39.6 Å². The predicted octanol–water partition coefficient (Wildman–Crippen LogP) is 6.59. The number of likely N-dealkylation sites (tertiary alicyclic amines) is 1. The van der Waals surface area contributed by atoms with Crippen molar-refractivity contribution < 1.29 is 43.2 Å². The highest BCUT2D eigenvalue weighted by atomic mass is 35.5. The molecule has 3 amide bonds. The van der Waals surface area contributed by atoms with Gasteiger partial charge in [0.2, 0.25) is 11.8 Å². The van der Waals surface area contributed by atoms with E-state index in [4.69, 9.17) is 40.5 Å². The third kappa shape index (κ3) is 8.48. The molecule has 1 saturated heterocycles. The molecule has 3 N–H and O–H groups in total. The molecule has 3 saturated carbocycles. The van der Waals surface area contributed by atoms with Crippen molar-refractivity contribution in [3.05, 3.63) is 47.0 Å². The summed E-state index contributed by atoms with van der Waals surface area (Å²) in [5, 5.41) is 19.2. The highest BCUT2D eigenvalue weighted by Gasteiger charge is 2.61. The average Bonchev–Trinajstić information content (AvgIpc) is 3.81. The molecule has 3 aliphatic carbocycles. The Hall–Kier alpha value is -4.47. The summed E-state index contributed by atoms with van der Waals surface area (Å²) < 4.78 is 23.5. The molecule has 0 radical (unpaired) electrons. The molecule has 1 aliphatic heterocycles. The summed E-state index contributed by atoms with van der Waals surface area (Å²) in [4.78, 5) is 65.7. The Bertz CT molecular complexity index is 2090. The van der Waals surface area contributed by atoms with Gasteiger partial charge in [0.15, 0.2) is 0 Å². The summed E-state index contributed by atoms with van der Waals surface area (Å²) in [7, 11) is 1.58. The average molecular weight is 838 g/mol. The first-order valence-electron chi connectivity index (χ1n) is 19.9. The number of aliphatic carboxylic acids is 1. The Morgan fingerprint density at radius 3 is 2.45 bits per heavy atom. The number of fused-ring (bicyclic) bond motifs is 2. The van der Waals surface area contributed by atoms with Gasteiger partial charge in [-0.1, -0.05) is 52.3 Å². The van der Waals surface area contributed by atoms with E-state index in [1.165, 1.54) is 28.7 Å². The van der Waals surface area contributed by atoms with Crippen LogP contribution in [0.1, 0.15) is 78.3 Å². The minimum atomic E-state index is -1.53. The number of benzene rings is 1. The molecule has 4 aliphatic rings. The first kappa shape index (κ1) is 41.7. The van der Waals surface area contributed by atoms with Crippen LogP contribution >= 0.6 is 22.9 Å². The summed E-state index contributed by atoms with van der Waals surface area (Å²) >= 11 is 8.38. The fraction of sp³-hybridized carbons (Fsp3) is 0.571. The summed E-state index contributed by atoms with van der Waals surface area (Å²) in [6, 6.07) is 3.07. The summed E-state index contributed by atoms with van der Waals surface area (Å²) in [6.07, 6.45) is 2.88. The number of thiazole rings is 1. The minimum Gasteiger partial charge on any atom is -0.490 e. The van der Waals surface area contributed by atoms with E-state index in [0.717, 1.165) is 18.5 Å². The number of nitrogens with zero attached hydrogens (tertiary/aromatic N) is 3. The van der Waals surface area contributed by atoms with Crippen molar-refractivity contribution in [2.75, 3.05) is 26.9 Å². The number of halogens is 1. The molecule has 0 spiro atoms. The number of aromatic nitrogens is 2. The number of carboxylic acid groups (broad SMARTS) is 1. The number of nitrogens with one attached hydrogen (secondary N) is 2. The number of carboxylic acids is 1. The van der Waals surface area contributed by atoms with E-state index in [2.05, 4.69) is 31.1 Å². The quantitative estimate of drug-likeness (QED) is 0.111. The van der Waals surface area contributed by atoms with E-state index in [1.54, 1.807) is 25.3 Å². The van der Waals surface area contributed by atoms with Gasteiger partial charge >= 0.3 is 12.1 Å². The minimum absolute atomic E-state index is 0.0258. The SMILES string of the molecule is C=C[C@@H]1C[C@]1(NC(=O)[C@@H]1C[C@@H](Oc2cc(-c3nc(C(C)C)cs3)nc3c(Cl)c(OCCOC)ccc23)CN1C(=O)[C@@H](NC(=O)O[C@@H]1C[C@@H]2C[C@@H]2C1)C(C)(C)C)C(=O)O. The molecular weight excluding hydrogens is 786 g/mol. The second-order valence-corrected chi connectivity index (χ2v) is 18.6.